The maximum atomic E-state index is 13.2. The number of rotatable bonds is 6. The van der Waals surface area contributed by atoms with Gasteiger partial charge in [0.25, 0.3) is 0 Å². The third-order valence-electron chi connectivity index (χ3n) is 14.4. The van der Waals surface area contributed by atoms with Crippen molar-refractivity contribution in [2.45, 2.75) is 132 Å². The summed E-state index contributed by atoms with van der Waals surface area (Å²) in [5, 5.41) is 6.30. The highest BCUT2D eigenvalue weighted by Crippen LogP contribution is 2.65. The number of benzene rings is 3. The molecule has 2 spiro atoms. The Kier molecular flexibility index (Phi) is 9.91. The molecule has 2 aliphatic heterocycles. The average molecular weight is 820 g/mol. The molecule has 2 N–H and O–H groups in total. The third-order valence-corrected chi connectivity index (χ3v) is 14.4. The summed E-state index contributed by atoms with van der Waals surface area (Å²) in [4.78, 5) is 53.3. The van der Waals surface area contributed by atoms with Crippen LogP contribution in [-0.2, 0) is 24.0 Å². The fourth-order valence-electron chi connectivity index (χ4n) is 12.0. The lowest BCUT2D eigenvalue weighted by atomic mass is 9.50. The lowest BCUT2D eigenvalue weighted by molar-refractivity contribution is -0.391. The van der Waals surface area contributed by atoms with Gasteiger partial charge in [0.05, 0.1) is 0 Å². The molecule has 4 atom stereocenters. The number of ether oxygens (including phenoxy) is 4. The predicted octanol–water partition coefficient (Wildman–Crippen LogP) is 9.32. The fourth-order valence-corrected chi connectivity index (χ4v) is 12.0. The maximum Gasteiger partial charge on any atom is 0.415 e. The Morgan fingerprint density at radius 1 is 0.800 bits per heavy atom. The zero-order valence-electron chi connectivity index (χ0n) is 34.9. The molecule has 12 heteroatoms. The van der Waals surface area contributed by atoms with E-state index in [1.54, 1.807) is 4.90 Å². The molecule has 4 bridgehead atoms. The lowest BCUT2D eigenvalue weighted by Gasteiger charge is -2.62. The number of nitrogens with zero attached hydrogens (tertiary/aromatic N) is 1. The Balaban J connectivity index is 0.693. The van der Waals surface area contributed by atoms with E-state index in [2.05, 4.69) is 34.9 Å². The summed E-state index contributed by atoms with van der Waals surface area (Å²) < 4.78 is 24.3. The number of carbonyl (C=O) groups is 3. The van der Waals surface area contributed by atoms with Gasteiger partial charge in [-0.1, -0.05) is 60.7 Å². The number of likely N-dealkylation sites (tertiary alicyclic amines) is 1. The molecule has 318 valence electrons. The van der Waals surface area contributed by atoms with Crippen LogP contribution in [0.25, 0.3) is 11.1 Å². The molecule has 0 radical (unpaired) electrons. The molecule has 2 saturated heterocycles. The molecule has 60 heavy (non-hydrogen) atoms. The second-order valence-corrected chi connectivity index (χ2v) is 19.6. The topological polar surface area (TPSA) is 134 Å². The van der Waals surface area contributed by atoms with Gasteiger partial charge in [0.2, 0.25) is 11.6 Å². The van der Waals surface area contributed by atoms with Crippen molar-refractivity contribution in [3.8, 4) is 16.9 Å². The minimum atomic E-state index is -0.818. The Bertz CT molecular complexity index is 2070. The quantitative estimate of drug-likeness (QED) is 0.234. The molecule has 11 rings (SSSR count). The molecule has 8 aliphatic rings. The Morgan fingerprint density at radius 3 is 2.13 bits per heavy atom. The molecule has 3 aromatic rings. The van der Waals surface area contributed by atoms with Crippen LogP contribution in [0, 0.1) is 17.8 Å². The van der Waals surface area contributed by atoms with E-state index in [1.807, 2.05) is 69.3 Å². The molecule has 2 heterocycles. The van der Waals surface area contributed by atoms with E-state index >= 15 is 0 Å². The monoisotopic (exact) mass is 819 g/mol. The average Bonchev–Trinajstić information content (AvgIpc) is 3.74. The van der Waals surface area contributed by atoms with E-state index in [-0.39, 0.29) is 48.0 Å². The highest BCUT2D eigenvalue weighted by molar-refractivity contribution is 5.79. The SMILES string of the molecule is CC(C)(C)OC(=O)NC12CC3CC(C1)C1(OO[C@@]4(CCCC(c5ccc(OC(=O)N6CCC(NC(=O)OCC7c8ccccc8-c8ccccc87)CC6)cc5)C4)O1)C(C3)C2. The molecule has 5 saturated carbocycles. The first kappa shape index (κ1) is 39.5. The number of fused-ring (bicyclic) bond motifs is 3. The van der Waals surface area contributed by atoms with Crippen LogP contribution in [0.5, 0.6) is 5.75 Å². The van der Waals surface area contributed by atoms with Gasteiger partial charge >= 0.3 is 18.3 Å². The molecule has 6 aliphatic carbocycles. The summed E-state index contributed by atoms with van der Waals surface area (Å²) in [6, 6.07) is 24.3. The summed E-state index contributed by atoms with van der Waals surface area (Å²) in [5.41, 5.74) is 5.03. The van der Waals surface area contributed by atoms with Crippen molar-refractivity contribution in [3.63, 3.8) is 0 Å². The molecule has 12 nitrogen and oxygen atoms in total. The number of nitrogens with one attached hydrogen (secondary N) is 2. The van der Waals surface area contributed by atoms with Gasteiger partial charge in [0.15, 0.2) is 0 Å². The highest BCUT2D eigenvalue weighted by Gasteiger charge is 2.70. The number of carbonyl (C=O) groups excluding carboxylic acids is 3. The van der Waals surface area contributed by atoms with Crippen molar-refractivity contribution in [1.82, 2.24) is 15.5 Å². The normalized spacial score (nSPS) is 31.8. The minimum Gasteiger partial charge on any atom is -0.449 e. The highest BCUT2D eigenvalue weighted by atomic mass is 17.3. The van der Waals surface area contributed by atoms with Crippen LogP contribution >= 0.6 is 0 Å². The number of amides is 3. The Morgan fingerprint density at radius 2 is 1.47 bits per heavy atom. The van der Waals surface area contributed by atoms with Crippen molar-refractivity contribution in [3.05, 3.63) is 89.5 Å². The molecule has 7 fully saturated rings. The predicted molar refractivity (Wildman–Crippen MR) is 221 cm³/mol. The smallest absolute Gasteiger partial charge is 0.415 e. The van der Waals surface area contributed by atoms with Crippen molar-refractivity contribution in [2.24, 2.45) is 17.8 Å². The number of alkyl carbamates (subject to hydrolysis) is 2. The van der Waals surface area contributed by atoms with E-state index in [1.165, 1.54) is 22.3 Å². The van der Waals surface area contributed by atoms with Gasteiger partial charge in [-0.3, -0.25) is 0 Å². The number of hydrogen-bond acceptors (Lipinski definition) is 9. The fraction of sp³-hybridized carbons (Fsp3) is 0.562. The van der Waals surface area contributed by atoms with Crippen LogP contribution in [0.4, 0.5) is 14.4 Å². The van der Waals surface area contributed by atoms with Gasteiger partial charge < -0.3 is 34.5 Å². The zero-order valence-corrected chi connectivity index (χ0v) is 34.9. The Labute approximate surface area is 351 Å². The molecule has 3 aromatic carbocycles. The maximum absolute atomic E-state index is 13.2. The van der Waals surface area contributed by atoms with Crippen LogP contribution in [0.2, 0.25) is 0 Å². The summed E-state index contributed by atoms with van der Waals surface area (Å²) in [5.74, 6) is -0.130. The van der Waals surface area contributed by atoms with Gasteiger partial charge in [-0.25, -0.2) is 14.4 Å². The second kappa shape index (κ2) is 15.1. The summed E-state index contributed by atoms with van der Waals surface area (Å²) in [7, 11) is 0. The lowest BCUT2D eigenvalue weighted by Crippen LogP contribution is -2.69. The van der Waals surface area contributed by atoms with Crippen LogP contribution in [-0.4, -0.2) is 71.6 Å². The Hall–Kier alpha value is -4.65. The van der Waals surface area contributed by atoms with Gasteiger partial charge in [-0.05, 0) is 130 Å². The van der Waals surface area contributed by atoms with Gasteiger partial charge in [-0.15, -0.1) is 0 Å². The molecular formula is C48H57N3O9. The number of hydrogen-bond donors (Lipinski definition) is 2. The summed E-state index contributed by atoms with van der Waals surface area (Å²) in [6.45, 7) is 6.89. The van der Waals surface area contributed by atoms with E-state index in [9.17, 15) is 14.4 Å². The van der Waals surface area contributed by atoms with Crippen molar-refractivity contribution < 1.29 is 43.1 Å². The van der Waals surface area contributed by atoms with E-state index in [0.717, 1.165) is 56.9 Å². The standard InChI is InChI=1S/C48H57N3O9/c1-45(2,3)57-43(53)50-46-25-30-23-33(27-46)48(34(24-30)28-46)58-47(59-60-48)20-8-9-32(26-47)31-14-16-36(17-15-31)56-44(54)51-21-18-35(19-22-51)49-42(52)55-29-41-39-12-6-4-10-37(39)38-11-5-7-13-40(38)41/h4-7,10-17,30,32-35,41H,8-9,18-29H2,1-3H3,(H,49,52)(H,50,53)/t30?,32?,33?,34?,46?,47-,48?/m1/s1. The van der Waals surface area contributed by atoms with E-state index < -0.39 is 29.4 Å². The number of piperidine rings is 1. The van der Waals surface area contributed by atoms with E-state index in [0.29, 0.717) is 44.0 Å². The molecule has 0 aromatic heterocycles. The largest absolute Gasteiger partial charge is 0.449 e. The first-order chi connectivity index (χ1) is 28.9. The van der Waals surface area contributed by atoms with Crippen molar-refractivity contribution >= 4 is 18.3 Å². The zero-order chi connectivity index (χ0) is 41.3. The van der Waals surface area contributed by atoms with Crippen LogP contribution in [0.1, 0.15) is 120 Å². The summed E-state index contributed by atoms with van der Waals surface area (Å²) >= 11 is 0. The first-order valence-electron chi connectivity index (χ1n) is 22.1. The van der Waals surface area contributed by atoms with Gasteiger partial charge in [0.1, 0.15) is 18.0 Å². The van der Waals surface area contributed by atoms with Gasteiger partial charge in [0, 0.05) is 55.3 Å². The molecule has 3 unspecified atom stereocenters. The van der Waals surface area contributed by atoms with E-state index in [4.69, 9.17) is 28.7 Å². The minimum absolute atomic E-state index is 0.00389. The summed E-state index contributed by atoms with van der Waals surface area (Å²) in [6.07, 6.45) is 7.99. The second-order valence-electron chi connectivity index (χ2n) is 19.6. The third kappa shape index (κ3) is 7.42. The van der Waals surface area contributed by atoms with Gasteiger partial charge in [-0.2, -0.15) is 9.78 Å². The molecule has 3 amide bonds. The first-order valence-corrected chi connectivity index (χ1v) is 22.1. The van der Waals surface area contributed by atoms with Crippen LogP contribution in [0.15, 0.2) is 72.8 Å². The van der Waals surface area contributed by atoms with Crippen molar-refractivity contribution in [2.75, 3.05) is 19.7 Å². The van der Waals surface area contributed by atoms with Crippen LogP contribution in [0.3, 0.4) is 0 Å². The van der Waals surface area contributed by atoms with Crippen LogP contribution < -0.4 is 15.4 Å². The van der Waals surface area contributed by atoms with Crippen molar-refractivity contribution in [1.29, 1.82) is 0 Å². The molecular weight excluding hydrogens is 763 g/mol.